The lowest BCUT2D eigenvalue weighted by molar-refractivity contribution is 0.0594. The smallest absolute Gasteiger partial charge is 0.356 e. The van der Waals surface area contributed by atoms with Crippen LogP contribution >= 0.6 is 11.6 Å². The quantitative estimate of drug-likeness (QED) is 0.793. The molecule has 0 amide bonds. The third kappa shape index (κ3) is 3.70. The molecule has 3 rings (SSSR count). The Morgan fingerprint density at radius 1 is 1.36 bits per heavy atom. The van der Waals surface area contributed by atoms with E-state index in [9.17, 15) is 4.79 Å². The van der Waals surface area contributed by atoms with Gasteiger partial charge in [-0.05, 0) is 29.7 Å². The second-order valence-electron chi connectivity index (χ2n) is 5.59. The van der Waals surface area contributed by atoms with E-state index in [-0.39, 0.29) is 18.5 Å². The molecule has 0 aliphatic carbocycles. The number of halogens is 1. The molecule has 1 aliphatic heterocycles. The molecular weight excluding hydrogens is 344 g/mol. The van der Waals surface area contributed by atoms with Crippen molar-refractivity contribution in [2.24, 2.45) is 0 Å². The van der Waals surface area contributed by atoms with Gasteiger partial charge in [0.1, 0.15) is 5.69 Å². The highest BCUT2D eigenvalue weighted by atomic mass is 35.5. The van der Waals surface area contributed by atoms with Crippen LogP contribution in [0.2, 0.25) is 5.02 Å². The first-order valence-corrected chi connectivity index (χ1v) is 8.36. The van der Waals surface area contributed by atoms with Crippen LogP contribution in [0, 0.1) is 0 Å². The van der Waals surface area contributed by atoms with E-state index < -0.39 is 5.97 Å². The number of benzene rings is 1. The third-order valence-corrected chi connectivity index (χ3v) is 4.45. The molecule has 0 fully saturated rings. The van der Waals surface area contributed by atoms with Crippen molar-refractivity contribution in [1.29, 1.82) is 0 Å². The maximum absolute atomic E-state index is 11.4. The molecule has 0 spiro atoms. The van der Waals surface area contributed by atoms with E-state index in [1.807, 2.05) is 18.2 Å². The van der Waals surface area contributed by atoms with E-state index in [1.165, 1.54) is 7.11 Å². The van der Waals surface area contributed by atoms with Gasteiger partial charge in [0.25, 0.3) is 0 Å². The normalized spacial score (nSPS) is 13.6. The molecule has 0 bridgehead atoms. The number of carbonyl (C=O) groups is 1. The monoisotopic (exact) mass is 362 g/mol. The van der Waals surface area contributed by atoms with Gasteiger partial charge in [0.05, 0.1) is 12.1 Å². The van der Waals surface area contributed by atoms with Crippen molar-refractivity contribution < 1.29 is 19.0 Å². The Hall–Kier alpha value is -2.31. The zero-order valence-electron chi connectivity index (χ0n) is 14.0. The SMILES string of the molecule is CCC(NCc1ccc(C(=O)OC)nc1)c1ccc2c(c1Cl)OCO2. The zero-order chi connectivity index (χ0) is 17.8. The summed E-state index contributed by atoms with van der Waals surface area (Å²) in [5.41, 5.74) is 2.22. The van der Waals surface area contributed by atoms with Gasteiger partial charge in [-0.25, -0.2) is 9.78 Å². The number of hydrogen-bond acceptors (Lipinski definition) is 6. The van der Waals surface area contributed by atoms with Gasteiger partial charge in [-0.15, -0.1) is 0 Å². The molecule has 0 saturated carbocycles. The van der Waals surface area contributed by atoms with Gasteiger partial charge < -0.3 is 19.5 Å². The van der Waals surface area contributed by atoms with E-state index in [2.05, 4.69) is 22.0 Å². The Bertz CT molecular complexity index is 764. The lowest BCUT2D eigenvalue weighted by Gasteiger charge is -2.19. The molecule has 6 nitrogen and oxygen atoms in total. The molecule has 1 N–H and O–H groups in total. The van der Waals surface area contributed by atoms with Crippen LogP contribution in [0.3, 0.4) is 0 Å². The lowest BCUT2D eigenvalue weighted by atomic mass is 10.0. The van der Waals surface area contributed by atoms with Crippen molar-refractivity contribution in [3.8, 4) is 11.5 Å². The molecule has 1 atom stereocenters. The van der Waals surface area contributed by atoms with Crippen LogP contribution < -0.4 is 14.8 Å². The number of pyridine rings is 1. The molecular formula is C18H19ClN2O4. The number of hydrogen-bond donors (Lipinski definition) is 1. The lowest BCUT2D eigenvalue weighted by Crippen LogP contribution is -2.21. The number of methoxy groups -OCH3 is 1. The van der Waals surface area contributed by atoms with Crippen molar-refractivity contribution in [3.63, 3.8) is 0 Å². The highest BCUT2D eigenvalue weighted by Crippen LogP contribution is 2.43. The van der Waals surface area contributed by atoms with Crippen LogP contribution in [-0.4, -0.2) is 24.9 Å². The van der Waals surface area contributed by atoms with E-state index in [0.717, 1.165) is 17.5 Å². The maximum atomic E-state index is 11.4. The van der Waals surface area contributed by atoms with Crippen LogP contribution in [0.4, 0.5) is 0 Å². The van der Waals surface area contributed by atoms with Gasteiger partial charge in [-0.3, -0.25) is 0 Å². The fourth-order valence-corrected chi connectivity index (χ4v) is 3.03. The number of carbonyl (C=O) groups excluding carboxylic acids is 1. The summed E-state index contributed by atoms with van der Waals surface area (Å²) in [6.07, 6.45) is 2.51. The minimum absolute atomic E-state index is 0.0577. The summed E-state index contributed by atoms with van der Waals surface area (Å²) in [6, 6.07) is 7.38. The summed E-state index contributed by atoms with van der Waals surface area (Å²) in [4.78, 5) is 15.5. The van der Waals surface area contributed by atoms with Crippen LogP contribution in [0.25, 0.3) is 0 Å². The number of ether oxygens (including phenoxy) is 3. The van der Waals surface area contributed by atoms with Gasteiger partial charge in [0.15, 0.2) is 11.5 Å². The molecule has 132 valence electrons. The molecule has 1 aromatic heterocycles. The van der Waals surface area contributed by atoms with Crippen molar-refractivity contribution in [1.82, 2.24) is 10.3 Å². The van der Waals surface area contributed by atoms with E-state index in [1.54, 1.807) is 12.3 Å². The first-order chi connectivity index (χ1) is 12.1. The number of rotatable bonds is 6. The fraction of sp³-hybridized carbons (Fsp3) is 0.333. The van der Waals surface area contributed by atoms with Gasteiger partial charge in [-0.2, -0.15) is 0 Å². The first kappa shape index (κ1) is 17.5. The minimum atomic E-state index is -0.446. The summed E-state index contributed by atoms with van der Waals surface area (Å²) in [5, 5.41) is 4.04. The fourth-order valence-electron chi connectivity index (χ4n) is 2.69. The van der Waals surface area contributed by atoms with E-state index in [4.69, 9.17) is 21.1 Å². The van der Waals surface area contributed by atoms with Gasteiger partial charge in [0.2, 0.25) is 6.79 Å². The number of aromatic nitrogens is 1. The molecule has 0 radical (unpaired) electrons. The molecule has 2 aromatic rings. The minimum Gasteiger partial charge on any atom is -0.464 e. The van der Waals surface area contributed by atoms with Crippen LogP contribution in [0.15, 0.2) is 30.5 Å². The predicted molar refractivity (Wildman–Crippen MR) is 93.0 cm³/mol. The first-order valence-electron chi connectivity index (χ1n) is 7.98. The zero-order valence-corrected chi connectivity index (χ0v) is 14.8. The molecule has 0 saturated heterocycles. The van der Waals surface area contributed by atoms with Crippen molar-refractivity contribution in [2.45, 2.75) is 25.9 Å². The third-order valence-electron chi connectivity index (χ3n) is 4.06. The van der Waals surface area contributed by atoms with Gasteiger partial charge in [-0.1, -0.05) is 30.7 Å². The van der Waals surface area contributed by atoms with Crippen LogP contribution in [-0.2, 0) is 11.3 Å². The number of fused-ring (bicyclic) bond motifs is 1. The highest BCUT2D eigenvalue weighted by molar-refractivity contribution is 6.33. The Labute approximate surface area is 151 Å². The second-order valence-corrected chi connectivity index (χ2v) is 5.97. The van der Waals surface area contributed by atoms with Gasteiger partial charge in [0, 0.05) is 18.8 Å². The Morgan fingerprint density at radius 3 is 2.88 bits per heavy atom. The van der Waals surface area contributed by atoms with E-state index in [0.29, 0.717) is 23.1 Å². The topological polar surface area (TPSA) is 69.7 Å². The summed E-state index contributed by atoms with van der Waals surface area (Å²) < 4.78 is 15.4. The highest BCUT2D eigenvalue weighted by Gasteiger charge is 2.23. The van der Waals surface area contributed by atoms with Crippen molar-refractivity contribution in [3.05, 3.63) is 52.3 Å². The molecule has 25 heavy (non-hydrogen) atoms. The summed E-state index contributed by atoms with van der Waals surface area (Å²) in [5.74, 6) is 0.827. The summed E-state index contributed by atoms with van der Waals surface area (Å²) >= 11 is 6.47. The number of esters is 1. The summed E-state index contributed by atoms with van der Waals surface area (Å²) in [7, 11) is 1.33. The average molecular weight is 363 g/mol. The van der Waals surface area contributed by atoms with Crippen molar-refractivity contribution in [2.75, 3.05) is 13.9 Å². The second kappa shape index (κ2) is 7.72. The Morgan fingerprint density at radius 2 is 2.20 bits per heavy atom. The number of nitrogens with zero attached hydrogens (tertiary/aromatic N) is 1. The Balaban J connectivity index is 1.70. The van der Waals surface area contributed by atoms with Gasteiger partial charge >= 0.3 is 5.97 Å². The van der Waals surface area contributed by atoms with Crippen molar-refractivity contribution >= 4 is 17.6 Å². The average Bonchev–Trinajstić information content (AvgIpc) is 3.13. The number of nitrogens with one attached hydrogen (secondary N) is 1. The molecule has 7 heteroatoms. The molecule has 1 unspecified atom stereocenters. The Kier molecular flexibility index (Phi) is 5.40. The molecule has 1 aliphatic rings. The molecule has 1 aromatic carbocycles. The van der Waals surface area contributed by atoms with E-state index >= 15 is 0 Å². The standard InChI is InChI=1S/C18H19ClN2O4/c1-3-13(12-5-7-15-17(16(12)19)25-10-24-15)20-8-11-4-6-14(21-9-11)18(22)23-2/h4-7,9,13,20H,3,8,10H2,1-2H3. The maximum Gasteiger partial charge on any atom is 0.356 e. The predicted octanol–water partition coefficient (Wildman–Crippen LogP) is 3.49. The van der Waals surface area contributed by atoms with Crippen LogP contribution in [0.5, 0.6) is 11.5 Å². The summed E-state index contributed by atoms with van der Waals surface area (Å²) in [6.45, 7) is 2.87. The largest absolute Gasteiger partial charge is 0.464 e. The van der Waals surface area contributed by atoms with Crippen LogP contribution in [0.1, 0.15) is 41.0 Å². The molecule has 2 heterocycles.